The first kappa shape index (κ1) is 13.9. The van der Waals surface area contributed by atoms with Crippen molar-refractivity contribution < 1.29 is 13.6 Å². The molecular weight excluding hydrogens is 318 g/mol. The van der Waals surface area contributed by atoms with Crippen LogP contribution in [0.25, 0.3) is 0 Å². The summed E-state index contributed by atoms with van der Waals surface area (Å²) in [6.45, 7) is 2.51. The Morgan fingerprint density at radius 3 is 2.58 bits per heavy atom. The number of hydrogen-bond acceptors (Lipinski definition) is 2. The summed E-state index contributed by atoms with van der Waals surface area (Å²) in [6, 6.07) is 2.12. The molecule has 1 aromatic carbocycles. The van der Waals surface area contributed by atoms with E-state index in [0.717, 1.165) is 18.6 Å². The molecule has 2 rings (SSSR count). The largest absolute Gasteiger partial charge is 0.328 e. The molecule has 0 saturated heterocycles. The second-order valence-electron chi connectivity index (χ2n) is 4.02. The maximum absolute atomic E-state index is 13.7. The van der Waals surface area contributed by atoms with E-state index < -0.39 is 23.0 Å². The molecular formula is C13H11BrF2N2O. The number of halogens is 3. The number of imidazole rings is 1. The highest BCUT2D eigenvalue weighted by molar-refractivity contribution is 9.10. The van der Waals surface area contributed by atoms with Crippen LogP contribution in [0.3, 0.4) is 0 Å². The molecule has 1 aromatic heterocycles. The van der Waals surface area contributed by atoms with Gasteiger partial charge >= 0.3 is 0 Å². The van der Waals surface area contributed by atoms with Crippen LogP contribution in [0, 0.1) is 11.6 Å². The van der Waals surface area contributed by atoms with Crippen molar-refractivity contribution in [1.29, 1.82) is 0 Å². The van der Waals surface area contributed by atoms with Gasteiger partial charge in [0.15, 0.2) is 5.82 Å². The smallest absolute Gasteiger partial charge is 0.234 e. The van der Waals surface area contributed by atoms with Gasteiger partial charge in [-0.3, -0.25) is 4.79 Å². The Morgan fingerprint density at radius 2 is 2.00 bits per heavy atom. The van der Waals surface area contributed by atoms with Crippen molar-refractivity contribution in [3.05, 3.63) is 52.0 Å². The molecule has 0 aliphatic carbocycles. The van der Waals surface area contributed by atoms with Gasteiger partial charge in [0.25, 0.3) is 0 Å². The van der Waals surface area contributed by atoms with Gasteiger partial charge in [-0.2, -0.15) is 0 Å². The number of hydrogen-bond donors (Lipinski definition) is 0. The number of aromatic nitrogens is 2. The van der Waals surface area contributed by atoms with Gasteiger partial charge in [0.1, 0.15) is 11.6 Å². The monoisotopic (exact) mass is 328 g/mol. The number of carbonyl (C=O) groups excluding carboxylic acids is 1. The molecule has 0 fully saturated rings. The Morgan fingerprint density at radius 1 is 1.37 bits per heavy atom. The van der Waals surface area contributed by atoms with Crippen molar-refractivity contribution in [1.82, 2.24) is 9.55 Å². The standard InChI is InChI=1S/C13H11BrF2N2O/c1-2-4-18-5-3-17-13(18)12(19)11-9(15)6-8(14)7-10(11)16/h3,5-7H,2,4H2,1H3. The highest BCUT2D eigenvalue weighted by Gasteiger charge is 2.23. The molecule has 0 aliphatic heterocycles. The van der Waals surface area contributed by atoms with Crippen LogP contribution in [-0.4, -0.2) is 15.3 Å². The third-order valence-electron chi connectivity index (χ3n) is 2.62. The van der Waals surface area contributed by atoms with Gasteiger partial charge in [0.2, 0.25) is 5.78 Å². The second-order valence-corrected chi connectivity index (χ2v) is 4.93. The molecule has 6 heteroatoms. The predicted octanol–water partition coefficient (Wildman–Crippen LogP) is 3.56. The van der Waals surface area contributed by atoms with Gasteiger partial charge in [0, 0.05) is 23.4 Å². The lowest BCUT2D eigenvalue weighted by atomic mass is 10.1. The fourth-order valence-corrected chi connectivity index (χ4v) is 2.21. The number of carbonyl (C=O) groups is 1. The van der Waals surface area contributed by atoms with Crippen LogP contribution in [0.4, 0.5) is 8.78 Å². The first-order valence-corrected chi connectivity index (χ1v) is 6.54. The average molecular weight is 329 g/mol. The molecule has 0 N–H and O–H groups in total. The molecule has 0 unspecified atom stereocenters. The summed E-state index contributed by atoms with van der Waals surface area (Å²) in [6.07, 6.45) is 3.85. The van der Waals surface area contributed by atoms with Gasteiger partial charge in [-0.05, 0) is 18.6 Å². The normalized spacial score (nSPS) is 10.7. The van der Waals surface area contributed by atoms with Crippen molar-refractivity contribution in [3.8, 4) is 0 Å². The molecule has 0 amide bonds. The fourth-order valence-electron chi connectivity index (χ4n) is 1.81. The lowest BCUT2D eigenvalue weighted by Gasteiger charge is -2.07. The number of nitrogens with zero attached hydrogens (tertiary/aromatic N) is 2. The van der Waals surface area contributed by atoms with E-state index in [0.29, 0.717) is 6.54 Å². The molecule has 0 bridgehead atoms. The maximum atomic E-state index is 13.7. The molecule has 2 aromatic rings. The van der Waals surface area contributed by atoms with Crippen molar-refractivity contribution in [2.45, 2.75) is 19.9 Å². The highest BCUT2D eigenvalue weighted by atomic mass is 79.9. The first-order chi connectivity index (χ1) is 9.04. The lowest BCUT2D eigenvalue weighted by molar-refractivity contribution is 0.101. The zero-order valence-corrected chi connectivity index (χ0v) is 11.7. The van der Waals surface area contributed by atoms with E-state index in [1.54, 1.807) is 10.8 Å². The summed E-state index contributed by atoms with van der Waals surface area (Å²) in [5.41, 5.74) is -0.577. The lowest BCUT2D eigenvalue weighted by Crippen LogP contribution is -2.14. The van der Waals surface area contributed by atoms with E-state index in [2.05, 4.69) is 20.9 Å². The molecule has 0 aliphatic rings. The summed E-state index contributed by atoms with van der Waals surface area (Å²) in [7, 11) is 0. The Bertz CT molecular complexity index is 602. The zero-order chi connectivity index (χ0) is 14.0. The Balaban J connectivity index is 2.47. The van der Waals surface area contributed by atoms with Crippen LogP contribution in [0.5, 0.6) is 0 Å². The topological polar surface area (TPSA) is 34.9 Å². The van der Waals surface area contributed by atoms with E-state index in [1.165, 1.54) is 6.20 Å². The van der Waals surface area contributed by atoms with Crippen LogP contribution in [0.2, 0.25) is 0 Å². The minimum Gasteiger partial charge on any atom is -0.328 e. The number of benzene rings is 1. The molecule has 3 nitrogen and oxygen atoms in total. The SMILES string of the molecule is CCCn1ccnc1C(=O)c1c(F)cc(Br)cc1F. The summed E-state index contributed by atoms with van der Waals surface area (Å²) in [4.78, 5) is 16.1. The van der Waals surface area contributed by atoms with Crippen LogP contribution >= 0.6 is 15.9 Å². The summed E-state index contributed by atoms with van der Waals surface area (Å²) < 4.78 is 29.3. The van der Waals surface area contributed by atoms with Crippen molar-refractivity contribution in [2.24, 2.45) is 0 Å². The van der Waals surface area contributed by atoms with Crippen LogP contribution in [0.15, 0.2) is 29.0 Å². The van der Waals surface area contributed by atoms with Crippen LogP contribution in [-0.2, 0) is 6.54 Å². The molecule has 0 saturated carbocycles. The Hall–Kier alpha value is -1.56. The van der Waals surface area contributed by atoms with E-state index in [1.807, 2.05) is 6.92 Å². The number of rotatable bonds is 4. The van der Waals surface area contributed by atoms with Crippen molar-refractivity contribution in [3.63, 3.8) is 0 Å². The number of aryl methyl sites for hydroxylation is 1. The van der Waals surface area contributed by atoms with E-state index in [9.17, 15) is 13.6 Å². The van der Waals surface area contributed by atoms with Gasteiger partial charge in [-0.15, -0.1) is 0 Å². The van der Waals surface area contributed by atoms with E-state index in [-0.39, 0.29) is 10.3 Å². The molecule has 0 radical (unpaired) electrons. The van der Waals surface area contributed by atoms with Crippen molar-refractivity contribution in [2.75, 3.05) is 0 Å². The molecule has 19 heavy (non-hydrogen) atoms. The van der Waals surface area contributed by atoms with E-state index >= 15 is 0 Å². The molecule has 1 heterocycles. The van der Waals surface area contributed by atoms with Gasteiger partial charge in [-0.25, -0.2) is 13.8 Å². The summed E-state index contributed by atoms with van der Waals surface area (Å²) >= 11 is 2.97. The zero-order valence-electron chi connectivity index (χ0n) is 10.2. The minimum atomic E-state index is -0.900. The van der Waals surface area contributed by atoms with Crippen LogP contribution < -0.4 is 0 Å². The van der Waals surface area contributed by atoms with Gasteiger partial charge < -0.3 is 4.57 Å². The molecule has 100 valence electrons. The Kier molecular flexibility index (Phi) is 4.09. The summed E-state index contributed by atoms with van der Waals surface area (Å²) in [5, 5.41) is 0. The molecule has 0 atom stereocenters. The number of ketones is 1. The molecule has 0 spiro atoms. The van der Waals surface area contributed by atoms with Crippen molar-refractivity contribution >= 4 is 21.7 Å². The van der Waals surface area contributed by atoms with Crippen LogP contribution in [0.1, 0.15) is 29.5 Å². The predicted molar refractivity (Wildman–Crippen MR) is 70.0 cm³/mol. The fraction of sp³-hybridized carbons (Fsp3) is 0.231. The maximum Gasteiger partial charge on any atom is 0.234 e. The van der Waals surface area contributed by atoms with E-state index in [4.69, 9.17) is 0 Å². The quantitative estimate of drug-likeness (QED) is 0.804. The average Bonchev–Trinajstić information content (AvgIpc) is 2.76. The highest BCUT2D eigenvalue weighted by Crippen LogP contribution is 2.21. The second kappa shape index (κ2) is 5.61. The van der Waals surface area contributed by atoms with Gasteiger partial charge in [0.05, 0.1) is 5.56 Å². The summed E-state index contributed by atoms with van der Waals surface area (Å²) in [5.74, 6) is -2.51. The third-order valence-corrected chi connectivity index (χ3v) is 3.07. The first-order valence-electron chi connectivity index (χ1n) is 5.75. The van der Waals surface area contributed by atoms with Gasteiger partial charge in [-0.1, -0.05) is 22.9 Å². The third kappa shape index (κ3) is 2.73. The minimum absolute atomic E-state index is 0.0435. The Labute approximate surface area is 117 Å².